The van der Waals surface area contributed by atoms with E-state index in [0.717, 1.165) is 0 Å². The SMILES string of the molecule is [2H]Oc1c(C(=O)NC([2H])([2H])CCN2CCC([2H])([2H])CC2)c(=O)n(C([2H])(C([2H])([2H])[2H])C([2H])([2H])[2H])c2sc([2H])c([2H])c12. The third-order valence-electron chi connectivity index (χ3n) is 4.03. The highest BCUT2D eigenvalue weighted by Crippen LogP contribution is 2.31. The van der Waals surface area contributed by atoms with Crippen LogP contribution in [0.5, 0.6) is 5.75 Å². The predicted octanol–water partition coefficient (Wildman–Crippen LogP) is 2.96. The molecule has 1 aliphatic rings. The summed E-state index contributed by atoms with van der Waals surface area (Å²) in [6.45, 7) is -9.08. The first-order chi connectivity index (χ1) is 18.1. The fourth-order valence-electron chi connectivity index (χ4n) is 2.72. The number of amides is 1. The first kappa shape index (κ1) is 8.02. The van der Waals surface area contributed by atoms with E-state index in [9.17, 15) is 9.59 Å². The molecule has 1 saturated heterocycles. The first-order valence-electron chi connectivity index (χ1n) is 14.9. The van der Waals surface area contributed by atoms with Crippen LogP contribution in [0.3, 0.4) is 0 Å². The van der Waals surface area contributed by atoms with Crippen LogP contribution < -0.4 is 10.9 Å². The molecule has 3 heterocycles. The molecule has 0 aromatic carbocycles. The number of thiophene rings is 1. The highest BCUT2D eigenvalue weighted by molar-refractivity contribution is 7.16. The van der Waals surface area contributed by atoms with Crippen molar-refractivity contribution in [2.45, 2.75) is 45.4 Å². The van der Waals surface area contributed by atoms with E-state index in [1.54, 1.807) is 4.90 Å². The minimum Gasteiger partial charge on any atom is -0.506 e. The summed E-state index contributed by atoms with van der Waals surface area (Å²) in [7, 11) is 0. The molecule has 0 atom stereocenters. The summed E-state index contributed by atoms with van der Waals surface area (Å²) in [6, 6.07) is -4.43. The maximum absolute atomic E-state index is 13.7. The standard InChI is InChI=1S/C19H27N3O3S/c1-13(2)22-18(25)15(16(23)14-7-12-26-19(14)22)17(24)20-8-6-11-21-9-4-3-5-10-21/h7,12-13,23H,3-6,8-11H2,1-2H3,(H,20,24)/i1D3,2D3,3D2,7D,8D2,12D,13D/hD. The van der Waals surface area contributed by atoms with Gasteiger partial charge >= 0.3 is 0 Å². The van der Waals surface area contributed by atoms with Gasteiger partial charge in [-0.05, 0) is 64.0 Å². The number of pyridine rings is 1. The van der Waals surface area contributed by atoms with Crippen LogP contribution in [0.15, 0.2) is 16.2 Å². The molecule has 1 amide bonds. The zero-order chi connectivity index (χ0) is 30.6. The van der Waals surface area contributed by atoms with E-state index >= 15 is 0 Å². The van der Waals surface area contributed by atoms with E-state index < -0.39 is 77.0 Å². The maximum Gasteiger partial charge on any atom is 0.293 e. The lowest BCUT2D eigenvalue weighted by molar-refractivity contribution is 0.0946. The number of aromatic hydroxyl groups is 1. The summed E-state index contributed by atoms with van der Waals surface area (Å²) in [5.74, 6) is -2.43. The van der Waals surface area contributed by atoms with E-state index in [0.29, 0.717) is 13.1 Å². The predicted molar refractivity (Wildman–Crippen MR) is 105 cm³/mol. The maximum atomic E-state index is 13.7. The minimum atomic E-state index is -3.70. The Hall–Kier alpha value is -1.86. The number of hydrogen-bond donors (Lipinski definition) is 2. The molecule has 26 heavy (non-hydrogen) atoms. The Morgan fingerprint density at radius 3 is 3.15 bits per heavy atom. The van der Waals surface area contributed by atoms with Gasteiger partial charge in [-0.15, -0.1) is 11.3 Å². The van der Waals surface area contributed by atoms with Gasteiger partial charge in [0.15, 0.2) is 0 Å². The third kappa shape index (κ3) is 3.78. The highest BCUT2D eigenvalue weighted by atomic mass is 32.1. The number of carbonyl (C=O) groups is 1. The Bertz CT molecular complexity index is 1330. The number of piperidine rings is 1. The van der Waals surface area contributed by atoms with E-state index in [1.165, 1.54) is 0 Å². The van der Waals surface area contributed by atoms with Crippen molar-refractivity contribution >= 4 is 27.5 Å². The van der Waals surface area contributed by atoms with E-state index in [-0.39, 0.29) is 41.7 Å². The van der Waals surface area contributed by atoms with Gasteiger partial charge < -0.3 is 15.3 Å². The van der Waals surface area contributed by atoms with Crippen molar-refractivity contribution in [1.29, 1.82) is 1.43 Å². The summed E-state index contributed by atoms with van der Waals surface area (Å²) in [6.07, 6.45) is -1.17. The van der Waals surface area contributed by atoms with Crippen molar-refractivity contribution in [3.05, 3.63) is 27.3 Å². The lowest BCUT2D eigenvalue weighted by atomic mass is 10.1. The van der Waals surface area contributed by atoms with Gasteiger partial charge in [-0.1, -0.05) is 6.37 Å². The average Bonchev–Trinajstić information content (AvgIpc) is 3.08. The molecule has 1 fully saturated rings. The molecule has 2 aromatic rings. The number of rotatable bonds is 7. The highest BCUT2D eigenvalue weighted by Gasteiger charge is 2.23. The molecule has 7 heteroatoms. The van der Waals surface area contributed by atoms with Gasteiger partial charge in [-0.2, -0.15) is 0 Å². The van der Waals surface area contributed by atoms with Crippen molar-refractivity contribution < 1.29 is 27.7 Å². The second-order valence-corrected chi connectivity index (χ2v) is 6.47. The Morgan fingerprint density at radius 1 is 1.62 bits per heavy atom. The number of aromatic nitrogens is 1. The molecule has 3 rings (SSSR count). The smallest absolute Gasteiger partial charge is 0.293 e. The molecule has 6 nitrogen and oxygen atoms in total. The van der Waals surface area contributed by atoms with Gasteiger partial charge in [0.05, 0.1) is 9.50 Å². The van der Waals surface area contributed by atoms with Crippen LogP contribution in [0.4, 0.5) is 0 Å². The van der Waals surface area contributed by atoms with Gasteiger partial charge in [0.1, 0.15) is 16.1 Å². The second kappa shape index (κ2) is 8.22. The van der Waals surface area contributed by atoms with Crippen molar-refractivity contribution in [3.8, 4) is 5.75 Å². The quantitative estimate of drug-likeness (QED) is 0.761. The summed E-state index contributed by atoms with van der Waals surface area (Å²) in [5, 5.41) is 5.19. The summed E-state index contributed by atoms with van der Waals surface area (Å²) in [4.78, 5) is 28.1. The summed E-state index contributed by atoms with van der Waals surface area (Å²) >= 11 is 0.286. The van der Waals surface area contributed by atoms with Crippen molar-refractivity contribution in [2.75, 3.05) is 26.1 Å². The molecular weight excluding hydrogens is 350 g/mol. The van der Waals surface area contributed by atoms with Crippen LogP contribution in [0.2, 0.25) is 0 Å². The number of carbonyl (C=O) groups excluding carboxylic acids is 1. The van der Waals surface area contributed by atoms with Crippen LogP contribution in [-0.2, 0) is 0 Å². The Labute approximate surface area is 177 Å². The monoisotopic (exact) mass is 391 g/mol. The fourth-order valence-corrected chi connectivity index (χ4v) is 3.49. The molecule has 2 N–H and O–H groups in total. The van der Waals surface area contributed by atoms with Gasteiger partial charge in [-0.25, -0.2) is 0 Å². The molecule has 0 aliphatic carbocycles. The number of nitrogens with zero attached hydrogens (tertiary/aromatic N) is 2. The van der Waals surface area contributed by atoms with Crippen LogP contribution in [-0.4, -0.2) is 48.0 Å². The third-order valence-corrected chi connectivity index (χ3v) is 4.81. The number of likely N-dealkylation sites (tertiary alicyclic amines) is 1. The summed E-state index contributed by atoms with van der Waals surface area (Å²) in [5.41, 5.74) is -2.89. The van der Waals surface area contributed by atoms with Gasteiger partial charge in [0, 0.05) is 26.2 Å². The average molecular weight is 392 g/mol. The van der Waals surface area contributed by atoms with Gasteiger partial charge in [0.2, 0.25) is 0 Å². The zero-order valence-electron chi connectivity index (χ0n) is 27.8. The molecular formula is C19H27N3O3S. The van der Waals surface area contributed by atoms with Crippen LogP contribution in [0.25, 0.3) is 10.2 Å². The van der Waals surface area contributed by atoms with Crippen molar-refractivity contribution in [2.24, 2.45) is 0 Å². The van der Waals surface area contributed by atoms with Crippen molar-refractivity contribution in [1.82, 2.24) is 14.8 Å². The van der Waals surface area contributed by atoms with Crippen LogP contribution >= 0.6 is 11.3 Å². The lowest BCUT2D eigenvalue weighted by Gasteiger charge is -2.26. The molecule has 0 radical (unpaired) electrons. The number of fused-ring (bicyclic) bond motifs is 1. The fraction of sp³-hybridized carbons (Fsp3) is 0.579. The molecule has 2 aromatic heterocycles. The minimum absolute atomic E-state index is 0.0161. The van der Waals surface area contributed by atoms with Crippen LogP contribution in [0.1, 0.15) is 73.5 Å². The Kier molecular flexibility index (Phi) is 2.54. The topological polar surface area (TPSA) is 74.6 Å². The summed E-state index contributed by atoms with van der Waals surface area (Å²) < 4.78 is 111. The Morgan fingerprint density at radius 2 is 2.42 bits per heavy atom. The van der Waals surface area contributed by atoms with E-state index in [1.807, 2.05) is 5.32 Å². The molecule has 0 saturated carbocycles. The molecule has 0 bridgehead atoms. The second-order valence-electron chi connectivity index (χ2n) is 5.68. The zero-order valence-corrected chi connectivity index (χ0v) is 14.6. The molecule has 142 valence electrons. The van der Waals surface area contributed by atoms with Gasteiger partial charge in [-0.3, -0.25) is 14.2 Å². The largest absolute Gasteiger partial charge is 0.506 e. The van der Waals surface area contributed by atoms with Gasteiger partial charge in [0.25, 0.3) is 12.9 Å². The van der Waals surface area contributed by atoms with E-state index in [2.05, 4.69) is 5.11 Å². The number of nitrogens with one attached hydrogen (secondary N) is 1. The lowest BCUT2D eigenvalue weighted by Crippen LogP contribution is -2.36. The van der Waals surface area contributed by atoms with Crippen molar-refractivity contribution in [3.63, 3.8) is 0 Å². The normalized spacial score (nSPS) is 27.2. The Balaban J connectivity index is 2.13. The first-order valence-corrected chi connectivity index (χ1v) is 8.77. The molecule has 1 aliphatic heterocycles. The van der Waals surface area contributed by atoms with Crippen LogP contribution in [0, 0.1) is 0 Å². The number of hydrogen-bond acceptors (Lipinski definition) is 5. The molecule has 0 spiro atoms. The molecule has 0 unspecified atom stereocenters. The van der Waals surface area contributed by atoms with E-state index in [4.69, 9.17) is 19.3 Å².